The Labute approximate surface area is 113 Å². The summed E-state index contributed by atoms with van der Waals surface area (Å²) in [5, 5.41) is 0. The smallest absolute Gasteiger partial charge is 0.187 e. The third-order valence-corrected chi connectivity index (χ3v) is 3.05. The Morgan fingerprint density at radius 2 is 2.22 bits per heavy atom. The number of ether oxygens (including phenoxy) is 1. The monoisotopic (exact) mass is 306 g/mol. The topological polar surface area (TPSA) is 52.1 Å². The van der Waals surface area contributed by atoms with E-state index in [1.54, 1.807) is 13.3 Å². The van der Waals surface area contributed by atoms with Gasteiger partial charge in [0.1, 0.15) is 11.4 Å². The van der Waals surface area contributed by atoms with E-state index in [1.807, 2.05) is 18.2 Å². The molecule has 5 heteroatoms. The molecule has 1 aromatic carbocycles. The van der Waals surface area contributed by atoms with E-state index in [1.165, 1.54) is 12.4 Å². The zero-order valence-electron chi connectivity index (χ0n) is 9.76. The van der Waals surface area contributed by atoms with E-state index in [0.29, 0.717) is 12.1 Å². The molecule has 4 nitrogen and oxygen atoms in total. The van der Waals surface area contributed by atoms with Crippen LogP contribution in [0.25, 0.3) is 0 Å². The molecule has 0 aliphatic heterocycles. The van der Waals surface area contributed by atoms with Crippen LogP contribution >= 0.6 is 15.9 Å². The van der Waals surface area contributed by atoms with Gasteiger partial charge in [0.25, 0.3) is 0 Å². The molecule has 0 saturated heterocycles. The van der Waals surface area contributed by atoms with Gasteiger partial charge in [0, 0.05) is 18.8 Å². The summed E-state index contributed by atoms with van der Waals surface area (Å²) in [6.45, 7) is 0. The lowest BCUT2D eigenvalue weighted by Crippen LogP contribution is -2.06. The number of hydrogen-bond donors (Lipinski definition) is 0. The summed E-state index contributed by atoms with van der Waals surface area (Å²) in [5.74, 6) is 0.686. The molecular weight excluding hydrogens is 296 g/mol. The van der Waals surface area contributed by atoms with Crippen LogP contribution in [0.2, 0.25) is 0 Å². The van der Waals surface area contributed by atoms with Crippen molar-refractivity contribution in [3.05, 3.63) is 52.5 Å². The van der Waals surface area contributed by atoms with Crippen molar-refractivity contribution in [3.8, 4) is 5.75 Å². The molecule has 0 spiro atoms. The van der Waals surface area contributed by atoms with Crippen LogP contribution in [-0.4, -0.2) is 22.9 Å². The summed E-state index contributed by atoms with van der Waals surface area (Å²) in [7, 11) is 1.60. The van der Waals surface area contributed by atoms with Crippen LogP contribution in [0, 0.1) is 0 Å². The second-order valence-corrected chi connectivity index (χ2v) is 4.51. The number of Topliss-reactive ketones (excluding diaryl/α,β-unsaturated/α-hetero) is 1. The number of nitrogens with zero attached hydrogens (tertiary/aromatic N) is 2. The fraction of sp³-hybridized carbons (Fsp3) is 0.154. The van der Waals surface area contributed by atoms with Gasteiger partial charge in [0.15, 0.2) is 5.78 Å². The van der Waals surface area contributed by atoms with E-state index in [0.717, 1.165) is 15.8 Å². The summed E-state index contributed by atoms with van der Waals surface area (Å²) in [6.07, 6.45) is 4.82. The third kappa shape index (κ3) is 2.92. The molecule has 18 heavy (non-hydrogen) atoms. The van der Waals surface area contributed by atoms with Crippen molar-refractivity contribution in [2.75, 3.05) is 7.11 Å². The summed E-state index contributed by atoms with van der Waals surface area (Å²) in [4.78, 5) is 19.8. The van der Waals surface area contributed by atoms with Gasteiger partial charge in [0.2, 0.25) is 0 Å². The van der Waals surface area contributed by atoms with Gasteiger partial charge in [-0.2, -0.15) is 0 Å². The van der Waals surface area contributed by atoms with Crippen LogP contribution < -0.4 is 4.74 Å². The quantitative estimate of drug-likeness (QED) is 0.815. The minimum Gasteiger partial charge on any atom is -0.496 e. The molecule has 0 aliphatic carbocycles. The molecule has 2 aromatic rings. The van der Waals surface area contributed by atoms with Crippen LogP contribution in [0.3, 0.4) is 0 Å². The Balaban J connectivity index is 2.15. The lowest BCUT2D eigenvalue weighted by atomic mass is 10.1. The van der Waals surface area contributed by atoms with Crippen LogP contribution in [0.1, 0.15) is 16.1 Å². The molecule has 0 radical (unpaired) electrons. The highest BCUT2D eigenvalue weighted by Gasteiger charge is 2.10. The molecule has 0 fully saturated rings. The van der Waals surface area contributed by atoms with Gasteiger partial charge < -0.3 is 4.74 Å². The number of methoxy groups -OCH3 is 1. The van der Waals surface area contributed by atoms with Crippen molar-refractivity contribution < 1.29 is 9.53 Å². The first-order chi connectivity index (χ1) is 8.70. The first-order valence-corrected chi connectivity index (χ1v) is 6.11. The maximum atomic E-state index is 11.9. The van der Waals surface area contributed by atoms with Gasteiger partial charge in [-0.15, -0.1) is 0 Å². The Bertz CT molecular complexity index is 558. The maximum Gasteiger partial charge on any atom is 0.187 e. The fourth-order valence-electron chi connectivity index (χ4n) is 1.54. The molecular formula is C13H11BrN2O2. The zero-order valence-corrected chi connectivity index (χ0v) is 11.3. The van der Waals surface area contributed by atoms with Crippen molar-refractivity contribution in [2.45, 2.75) is 6.42 Å². The van der Waals surface area contributed by atoms with E-state index >= 15 is 0 Å². The summed E-state index contributed by atoms with van der Waals surface area (Å²) in [5.41, 5.74) is 1.28. The number of ketones is 1. The summed E-state index contributed by atoms with van der Waals surface area (Å²) < 4.78 is 5.96. The molecule has 1 aromatic heterocycles. The summed E-state index contributed by atoms with van der Waals surface area (Å²) >= 11 is 3.39. The standard InChI is InChI=1S/C13H11BrN2O2/c1-18-13-3-2-9(6-10(13)14)7-12(17)11-8-15-4-5-16-11/h2-6,8H,7H2,1H3. The van der Waals surface area contributed by atoms with Gasteiger partial charge in [0.05, 0.1) is 17.8 Å². The lowest BCUT2D eigenvalue weighted by molar-refractivity contribution is 0.0988. The van der Waals surface area contributed by atoms with E-state index in [4.69, 9.17) is 4.74 Å². The first-order valence-electron chi connectivity index (χ1n) is 5.32. The van der Waals surface area contributed by atoms with Gasteiger partial charge >= 0.3 is 0 Å². The van der Waals surface area contributed by atoms with Crippen LogP contribution in [0.15, 0.2) is 41.3 Å². The molecule has 0 aliphatic rings. The van der Waals surface area contributed by atoms with Crippen molar-refractivity contribution in [1.82, 2.24) is 9.97 Å². The van der Waals surface area contributed by atoms with Gasteiger partial charge in [-0.05, 0) is 33.6 Å². The molecule has 0 saturated carbocycles. The second-order valence-electron chi connectivity index (χ2n) is 3.66. The Morgan fingerprint density at radius 1 is 1.39 bits per heavy atom. The normalized spacial score (nSPS) is 10.1. The highest BCUT2D eigenvalue weighted by molar-refractivity contribution is 9.10. The molecule has 0 amide bonds. The Kier molecular flexibility index (Phi) is 4.04. The molecule has 0 unspecified atom stereocenters. The number of benzene rings is 1. The minimum absolute atomic E-state index is 0.0554. The van der Waals surface area contributed by atoms with Gasteiger partial charge in [-0.1, -0.05) is 6.07 Å². The van der Waals surface area contributed by atoms with Crippen molar-refractivity contribution in [1.29, 1.82) is 0 Å². The average Bonchev–Trinajstić information content (AvgIpc) is 2.40. The predicted octanol–water partition coefficient (Wildman–Crippen LogP) is 2.67. The van der Waals surface area contributed by atoms with E-state index in [-0.39, 0.29) is 5.78 Å². The molecule has 1 heterocycles. The number of rotatable bonds is 4. The maximum absolute atomic E-state index is 11.9. The van der Waals surface area contributed by atoms with Crippen LogP contribution in [0.4, 0.5) is 0 Å². The highest BCUT2D eigenvalue weighted by atomic mass is 79.9. The average molecular weight is 307 g/mol. The largest absolute Gasteiger partial charge is 0.496 e. The minimum atomic E-state index is -0.0554. The van der Waals surface area contributed by atoms with Crippen molar-refractivity contribution >= 4 is 21.7 Å². The summed E-state index contributed by atoms with van der Waals surface area (Å²) in [6, 6.07) is 5.55. The molecule has 2 rings (SSSR count). The van der Waals surface area contributed by atoms with E-state index in [2.05, 4.69) is 25.9 Å². The van der Waals surface area contributed by atoms with E-state index in [9.17, 15) is 4.79 Å². The van der Waals surface area contributed by atoms with Crippen molar-refractivity contribution in [3.63, 3.8) is 0 Å². The Hall–Kier alpha value is -1.75. The fourth-order valence-corrected chi connectivity index (χ4v) is 2.13. The third-order valence-electron chi connectivity index (χ3n) is 2.43. The Morgan fingerprint density at radius 3 is 2.83 bits per heavy atom. The second kappa shape index (κ2) is 5.73. The van der Waals surface area contributed by atoms with Gasteiger partial charge in [-0.3, -0.25) is 9.78 Å². The zero-order chi connectivity index (χ0) is 13.0. The van der Waals surface area contributed by atoms with Crippen LogP contribution in [-0.2, 0) is 6.42 Å². The molecule has 0 N–H and O–H groups in total. The number of hydrogen-bond acceptors (Lipinski definition) is 4. The first kappa shape index (κ1) is 12.7. The van der Waals surface area contributed by atoms with E-state index < -0.39 is 0 Å². The predicted molar refractivity (Wildman–Crippen MR) is 70.8 cm³/mol. The SMILES string of the molecule is COc1ccc(CC(=O)c2cnccn2)cc1Br. The number of halogens is 1. The number of carbonyl (C=O) groups excluding carboxylic acids is 1. The molecule has 0 bridgehead atoms. The number of carbonyl (C=O) groups is 1. The number of aromatic nitrogens is 2. The van der Waals surface area contributed by atoms with Crippen LogP contribution in [0.5, 0.6) is 5.75 Å². The lowest BCUT2D eigenvalue weighted by Gasteiger charge is -2.05. The highest BCUT2D eigenvalue weighted by Crippen LogP contribution is 2.25. The van der Waals surface area contributed by atoms with Crippen molar-refractivity contribution in [2.24, 2.45) is 0 Å². The molecule has 0 atom stereocenters. The van der Waals surface area contributed by atoms with Gasteiger partial charge in [-0.25, -0.2) is 4.98 Å². The molecule has 92 valence electrons.